The monoisotopic (exact) mass is 281 g/mol. The predicted molar refractivity (Wildman–Crippen MR) is 82.3 cm³/mol. The molecule has 114 valence electrons. The van der Waals surface area contributed by atoms with Gasteiger partial charge in [-0.3, -0.25) is 0 Å². The summed E-state index contributed by atoms with van der Waals surface area (Å²) in [6.07, 6.45) is 2.51. The highest BCUT2D eigenvalue weighted by atomic mass is 19.1. The molecule has 3 heteroatoms. The highest BCUT2D eigenvalue weighted by molar-refractivity contribution is 5.16. The number of benzene rings is 1. The fraction of sp³-hybridized carbons (Fsp3) is 0.647. The number of hydrogen-bond acceptors (Lipinski definition) is 2. The van der Waals surface area contributed by atoms with Gasteiger partial charge in [-0.05, 0) is 56.2 Å². The highest BCUT2D eigenvalue weighted by Gasteiger charge is 2.20. The van der Waals surface area contributed by atoms with E-state index < -0.39 is 0 Å². The van der Waals surface area contributed by atoms with Crippen LogP contribution in [-0.2, 0) is 6.42 Å². The van der Waals surface area contributed by atoms with E-state index in [1.165, 1.54) is 17.7 Å². The van der Waals surface area contributed by atoms with Crippen molar-refractivity contribution >= 4 is 0 Å². The van der Waals surface area contributed by atoms with E-state index in [-0.39, 0.29) is 17.3 Å². The molecule has 1 aromatic carbocycles. The van der Waals surface area contributed by atoms with Gasteiger partial charge in [-0.1, -0.05) is 26.0 Å². The van der Waals surface area contributed by atoms with Gasteiger partial charge in [0.1, 0.15) is 5.82 Å². The average Bonchev–Trinajstić information content (AvgIpc) is 2.34. The quantitative estimate of drug-likeness (QED) is 0.764. The number of halogens is 1. The Morgan fingerprint density at radius 3 is 2.35 bits per heavy atom. The first-order chi connectivity index (χ1) is 9.28. The van der Waals surface area contributed by atoms with Crippen LogP contribution in [0.1, 0.15) is 46.1 Å². The van der Waals surface area contributed by atoms with E-state index >= 15 is 0 Å². The summed E-state index contributed by atoms with van der Waals surface area (Å²) in [6.45, 7) is 9.23. The second kappa shape index (κ2) is 7.75. The molecule has 0 aromatic heterocycles. The first-order valence-corrected chi connectivity index (χ1v) is 7.44. The van der Waals surface area contributed by atoms with Gasteiger partial charge < -0.3 is 10.4 Å². The maximum atomic E-state index is 12.8. The SMILES string of the molecule is CC(O)CC(C)(C)CNC(C)CCc1ccc(F)cc1. The molecule has 0 aliphatic rings. The lowest BCUT2D eigenvalue weighted by Gasteiger charge is -2.28. The zero-order valence-corrected chi connectivity index (χ0v) is 13.1. The minimum absolute atomic E-state index is 0.0955. The van der Waals surface area contributed by atoms with E-state index in [4.69, 9.17) is 0 Å². The van der Waals surface area contributed by atoms with E-state index in [0.29, 0.717) is 6.04 Å². The third-order valence-corrected chi connectivity index (χ3v) is 3.56. The summed E-state index contributed by atoms with van der Waals surface area (Å²) in [7, 11) is 0. The summed E-state index contributed by atoms with van der Waals surface area (Å²) in [4.78, 5) is 0. The van der Waals surface area contributed by atoms with Crippen LogP contribution in [0.3, 0.4) is 0 Å². The van der Waals surface area contributed by atoms with Crippen molar-refractivity contribution in [1.29, 1.82) is 0 Å². The maximum Gasteiger partial charge on any atom is 0.123 e. The Balaban J connectivity index is 2.29. The number of aliphatic hydroxyl groups is 1. The molecule has 20 heavy (non-hydrogen) atoms. The molecule has 0 saturated heterocycles. The lowest BCUT2D eigenvalue weighted by Crippen LogP contribution is -2.37. The second-order valence-corrected chi connectivity index (χ2v) is 6.66. The van der Waals surface area contributed by atoms with Crippen LogP contribution in [0.2, 0.25) is 0 Å². The number of aryl methyl sites for hydroxylation is 1. The van der Waals surface area contributed by atoms with Crippen LogP contribution in [-0.4, -0.2) is 23.8 Å². The fourth-order valence-electron chi connectivity index (χ4n) is 2.46. The van der Waals surface area contributed by atoms with Gasteiger partial charge in [-0.15, -0.1) is 0 Å². The Labute approximate surface area is 122 Å². The molecule has 0 aliphatic heterocycles. The largest absolute Gasteiger partial charge is 0.393 e. The summed E-state index contributed by atoms with van der Waals surface area (Å²) in [5.41, 5.74) is 1.27. The smallest absolute Gasteiger partial charge is 0.123 e. The molecule has 1 rings (SSSR count). The molecule has 0 radical (unpaired) electrons. The molecule has 0 amide bonds. The molecule has 0 spiro atoms. The van der Waals surface area contributed by atoms with Crippen LogP contribution in [0, 0.1) is 11.2 Å². The van der Waals surface area contributed by atoms with E-state index in [9.17, 15) is 9.50 Å². The molecule has 1 aromatic rings. The van der Waals surface area contributed by atoms with Crippen molar-refractivity contribution in [3.05, 3.63) is 35.6 Å². The van der Waals surface area contributed by atoms with E-state index in [2.05, 4.69) is 26.1 Å². The number of aliphatic hydroxyl groups excluding tert-OH is 1. The molecule has 0 aliphatic carbocycles. The fourth-order valence-corrected chi connectivity index (χ4v) is 2.46. The molecule has 0 bridgehead atoms. The van der Waals surface area contributed by atoms with Gasteiger partial charge in [0.05, 0.1) is 6.10 Å². The lowest BCUT2D eigenvalue weighted by atomic mass is 9.86. The predicted octanol–water partition coefficient (Wildman–Crippen LogP) is 3.53. The first-order valence-electron chi connectivity index (χ1n) is 7.44. The Hall–Kier alpha value is -0.930. The summed E-state index contributed by atoms with van der Waals surface area (Å²) in [5, 5.41) is 13.0. The topological polar surface area (TPSA) is 32.3 Å². The van der Waals surface area contributed by atoms with Crippen molar-refractivity contribution in [2.75, 3.05) is 6.54 Å². The van der Waals surface area contributed by atoms with Gasteiger partial charge in [-0.25, -0.2) is 4.39 Å². The molecular formula is C17H28FNO. The van der Waals surface area contributed by atoms with Crippen molar-refractivity contribution in [2.24, 2.45) is 5.41 Å². The van der Waals surface area contributed by atoms with Crippen molar-refractivity contribution in [2.45, 2.75) is 59.1 Å². The Bertz CT molecular complexity index is 386. The van der Waals surface area contributed by atoms with Gasteiger partial charge in [-0.2, -0.15) is 0 Å². The van der Waals surface area contributed by atoms with E-state index in [1.54, 1.807) is 0 Å². The van der Waals surface area contributed by atoms with Gasteiger partial charge in [0.25, 0.3) is 0 Å². The van der Waals surface area contributed by atoms with Crippen LogP contribution >= 0.6 is 0 Å². The van der Waals surface area contributed by atoms with Crippen molar-refractivity contribution in [3.8, 4) is 0 Å². The Kier molecular flexibility index (Phi) is 6.63. The molecule has 2 unspecified atom stereocenters. The van der Waals surface area contributed by atoms with Gasteiger partial charge >= 0.3 is 0 Å². The zero-order valence-electron chi connectivity index (χ0n) is 13.1. The van der Waals surface area contributed by atoms with E-state index in [0.717, 1.165) is 25.8 Å². The maximum absolute atomic E-state index is 12.8. The summed E-state index contributed by atoms with van der Waals surface area (Å²) in [6, 6.07) is 7.13. The summed E-state index contributed by atoms with van der Waals surface area (Å²) >= 11 is 0. The summed E-state index contributed by atoms with van der Waals surface area (Å²) < 4.78 is 12.8. The minimum Gasteiger partial charge on any atom is -0.393 e. The highest BCUT2D eigenvalue weighted by Crippen LogP contribution is 2.21. The number of hydrogen-bond donors (Lipinski definition) is 2. The molecular weight excluding hydrogens is 253 g/mol. The molecule has 0 heterocycles. The van der Waals surface area contributed by atoms with Gasteiger partial charge in [0.15, 0.2) is 0 Å². The Morgan fingerprint density at radius 2 is 1.80 bits per heavy atom. The number of nitrogens with one attached hydrogen (secondary N) is 1. The average molecular weight is 281 g/mol. The zero-order chi connectivity index (χ0) is 15.2. The normalized spacial score (nSPS) is 15.1. The summed E-state index contributed by atoms with van der Waals surface area (Å²) in [5.74, 6) is -0.181. The minimum atomic E-state index is -0.263. The second-order valence-electron chi connectivity index (χ2n) is 6.66. The third-order valence-electron chi connectivity index (χ3n) is 3.56. The first kappa shape index (κ1) is 17.1. The van der Waals surface area contributed by atoms with E-state index in [1.807, 2.05) is 19.1 Å². The van der Waals surface area contributed by atoms with Crippen LogP contribution in [0.4, 0.5) is 4.39 Å². The third kappa shape index (κ3) is 7.01. The molecule has 0 fully saturated rings. The lowest BCUT2D eigenvalue weighted by molar-refractivity contribution is 0.126. The molecule has 2 atom stereocenters. The Morgan fingerprint density at radius 1 is 1.20 bits per heavy atom. The van der Waals surface area contributed by atoms with Crippen LogP contribution in [0.15, 0.2) is 24.3 Å². The van der Waals surface area contributed by atoms with Gasteiger partial charge in [0.2, 0.25) is 0 Å². The van der Waals surface area contributed by atoms with Gasteiger partial charge in [0, 0.05) is 12.6 Å². The number of rotatable bonds is 8. The van der Waals surface area contributed by atoms with Crippen LogP contribution in [0.5, 0.6) is 0 Å². The standard InChI is InChI=1S/C17H28FNO/c1-13(19-12-17(3,4)11-14(2)20)5-6-15-7-9-16(18)10-8-15/h7-10,13-14,19-20H,5-6,11-12H2,1-4H3. The van der Waals surface area contributed by atoms with Crippen molar-refractivity contribution in [1.82, 2.24) is 5.32 Å². The van der Waals surface area contributed by atoms with Crippen LogP contribution in [0.25, 0.3) is 0 Å². The molecule has 0 saturated carbocycles. The van der Waals surface area contributed by atoms with Crippen molar-refractivity contribution in [3.63, 3.8) is 0 Å². The molecule has 2 nitrogen and oxygen atoms in total. The van der Waals surface area contributed by atoms with Crippen LogP contribution < -0.4 is 5.32 Å². The molecule has 2 N–H and O–H groups in total. The van der Waals surface area contributed by atoms with Crippen molar-refractivity contribution < 1.29 is 9.50 Å².